The molecular formula is C12H14F3N5O3. The van der Waals surface area contributed by atoms with E-state index in [2.05, 4.69) is 20.3 Å². The van der Waals surface area contributed by atoms with E-state index in [-0.39, 0.29) is 19.2 Å². The lowest BCUT2D eigenvalue weighted by molar-refractivity contribution is -0.182. The highest BCUT2D eigenvalue weighted by Crippen LogP contribution is 2.15. The Bertz CT molecular complexity index is 652. The van der Waals surface area contributed by atoms with Crippen molar-refractivity contribution in [2.45, 2.75) is 19.6 Å². The van der Waals surface area contributed by atoms with Gasteiger partial charge in [-0.15, -0.1) is 0 Å². The number of rotatable bonds is 7. The number of alkyl halides is 3. The molecule has 0 aromatic carbocycles. The fraction of sp³-hybridized carbons (Fsp3) is 0.417. The molecule has 1 N–H and O–H groups in total. The van der Waals surface area contributed by atoms with Crippen LogP contribution in [0.5, 0.6) is 0 Å². The molecule has 0 spiro atoms. The Morgan fingerprint density at radius 2 is 2.13 bits per heavy atom. The van der Waals surface area contributed by atoms with Crippen LogP contribution in [-0.4, -0.2) is 45.4 Å². The molecule has 0 saturated heterocycles. The lowest BCUT2D eigenvalue weighted by atomic mass is 10.4. The van der Waals surface area contributed by atoms with Crippen molar-refractivity contribution in [3.05, 3.63) is 30.4 Å². The van der Waals surface area contributed by atoms with Crippen LogP contribution < -0.4 is 5.32 Å². The minimum atomic E-state index is -4.40. The second-order valence-corrected chi connectivity index (χ2v) is 4.47. The summed E-state index contributed by atoms with van der Waals surface area (Å²) >= 11 is 0. The quantitative estimate of drug-likeness (QED) is 0.830. The molecule has 0 bridgehead atoms. The molecule has 8 nitrogen and oxygen atoms in total. The van der Waals surface area contributed by atoms with Gasteiger partial charge in [-0.3, -0.25) is 4.79 Å². The van der Waals surface area contributed by atoms with E-state index >= 15 is 0 Å². The standard InChI is InChI=1S/C12H14F3N5O3/c1-22-7-19-3-2-10(18-19)11(21)17-9-4-16-20(5-9)8-23-6-12(13,14)15/h2-5H,6-8H2,1H3,(H,17,21). The van der Waals surface area contributed by atoms with Crippen LogP contribution in [0.3, 0.4) is 0 Å². The van der Waals surface area contributed by atoms with Crippen molar-refractivity contribution in [3.63, 3.8) is 0 Å². The molecule has 2 heterocycles. The average molecular weight is 333 g/mol. The molecule has 0 aliphatic heterocycles. The molecule has 2 aromatic heterocycles. The van der Waals surface area contributed by atoms with Crippen molar-refractivity contribution in [3.8, 4) is 0 Å². The van der Waals surface area contributed by atoms with Crippen LogP contribution >= 0.6 is 0 Å². The summed E-state index contributed by atoms with van der Waals surface area (Å²) in [6.45, 7) is -1.54. The Balaban J connectivity index is 1.86. The summed E-state index contributed by atoms with van der Waals surface area (Å²) in [6, 6.07) is 1.51. The van der Waals surface area contributed by atoms with Crippen molar-refractivity contribution < 1.29 is 27.4 Å². The van der Waals surface area contributed by atoms with Crippen LogP contribution in [0.1, 0.15) is 10.5 Å². The minimum Gasteiger partial charge on any atom is -0.362 e. The van der Waals surface area contributed by atoms with Gasteiger partial charge in [-0.2, -0.15) is 23.4 Å². The molecule has 0 radical (unpaired) electrons. The van der Waals surface area contributed by atoms with E-state index in [1.165, 1.54) is 30.3 Å². The van der Waals surface area contributed by atoms with Crippen molar-refractivity contribution in [2.75, 3.05) is 19.0 Å². The first-order valence-corrected chi connectivity index (χ1v) is 6.38. The van der Waals surface area contributed by atoms with Crippen molar-refractivity contribution in [1.29, 1.82) is 0 Å². The van der Waals surface area contributed by atoms with Gasteiger partial charge in [0.15, 0.2) is 5.69 Å². The molecule has 0 aliphatic carbocycles. The minimum absolute atomic E-state index is 0.170. The van der Waals surface area contributed by atoms with E-state index in [0.29, 0.717) is 5.69 Å². The van der Waals surface area contributed by atoms with E-state index < -0.39 is 18.7 Å². The molecule has 2 aromatic rings. The monoisotopic (exact) mass is 333 g/mol. The number of ether oxygens (including phenoxy) is 2. The topological polar surface area (TPSA) is 83.2 Å². The normalized spacial score (nSPS) is 11.7. The van der Waals surface area contributed by atoms with Gasteiger partial charge in [0.25, 0.3) is 5.91 Å². The summed E-state index contributed by atoms with van der Waals surface area (Å²) in [5.41, 5.74) is 0.482. The number of aromatic nitrogens is 4. The van der Waals surface area contributed by atoms with E-state index in [1.54, 1.807) is 6.20 Å². The van der Waals surface area contributed by atoms with E-state index in [4.69, 9.17) is 4.74 Å². The van der Waals surface area contributed by atoms with Crippen LogP contribution in [0.15, 0.2) is 24.7 Å². The van der Waals surface area contributed by atoms with Gasteiger partial charge in [-0.1, -0.05) is 0 Å². The SMILES string of the molecule is COCn1ccc(C(=O)Nc2cnn(COCC(F)(F)F)c2)n1. The zero-order valence-electron chi connectivity index (χ0n) is 12.1. The molecule has 2 rings (SSSR count). The summed E-state index contributed by atoms with van der Waals surface area (Å²) < 4.78 is 47.7. The molecule has 0 fully saturated rings. The van der Waals surface area contributed by atoms with Gasteiger partial charge in [0, 0.05) is 13.3 Å². The smallest absolute Gasteiger partial charge is 0.362 e. The number of halogens is 3. The number of nitrogens with one attached hydrogen (secondary N) is 1. The summed E-state index contributed by atoms with van der Waals surface area (Å²) in [4.78, 5) is 11.9. The number of anilines is 1. The molecule has 0 aliphatic rings. The molecule has 23 heavy (non-hydrogen) atoms. The maximum absolute atomic E-state index is 12.0. The Morgan fingerprint density at radius 1 is 1.35 bits per heavy atom. The molecule has 0 atom stereocenters. The molecule has 11 heteroatoms. The first kappa shape index (κ1) is 17.0. The Labute approximate surface area is 128 Å². The summed E-state index contributed by atoms with van der Waals surface area (Å²) in [7, 11) is 1.50. The molecule has 0 saturated carbocycles. The fourth-order valence-corrected chi connectivity index (χ4v) is 1.64. The highest BCUT2D eigenvalue weighted by atomic mass is 19.4. The first-order chi connectivity index (χ1) is 10.9. The number of carbonyl (C=O) groups excluding carboxylic acids is 1. The van der Waals surface area contributed by atoms with Crippen LogP contribution in [0.25, 0.3) is 0 Å². The molecular weight excluding hydrogens is 319 g/mol. The third-order valence-electron chi connectivity index (χ3n) is 2.52. The highest BCUT2D eigenvalue weighted by Gasteiger charge is 2.27. The predicted molar refractivity (Wildman–Crippen MR) is 71.4 cm³/mol. The molecule has 1 amide bonds. The van der Waals surface area contributed by atoms with Crippen molar-refractivity contribution in [2.24, 2.45) is 0 Å². The van der Waals surface area contributed by atoms with Gasteiger partial charge in [0.05, 0.1) is 18.1 Å². The fourth-order valence-electron chi connectivity index (χ4n) is 1.64. The number of amides is 1. The van der Waals surface area contributed by atoms with Gasteiger partial charge in [-0.25, -0.2) is 9.36 Å². The van der Waals surface area contributed by atoms with Crippen LogP contribution in [0.4, 0.5) is 18.9 Å². The van der Waals surface area contributed by atoms with E-state index in [1.807, 2.05) is 0 Å². The Kier molecular flexibility index (Phi) is 5.34. The van der Waals surface area contributed by atoms with Crippen LogP contribution in [0.2, 0.25) is 0 Å². The van der Waals surface area contributed by atoms with Crippen molar-refractivity contribution >= 4 is 11.6 Å². The number of methoxy groups -OCH3 is 1. The summed E-state index contributed by atoms with van der Waals surface area (Å²) in [5.74, 6) is -0.476. The number of carbonyl (C=O) groups is 1. The highest BCUT2D eigenvalue weighted by molar-refractivity contribution is 6.02. The van der Waals surface area contributed by atoms with Gasteiger partial charge in [-0.05, 0) is 6.07 Å². The van der Waals surface area contributed by atoms with Crippen LogP contribution in [-0.2, 0) is 22.9 Å². The third-order valence-corrected chi connectivity index (χ3v) is 2.52. The van der Waals surface area contributed by atoms with Crippen LogP contribution in [0, 0.1) is 0 Å². The van der Waals surface area contributed by atoms with E-state index in [0.717, 1.165) is 4.68 Å². The molecule has 0 unspecified atom stereocenters. The summed E-state index contributed by atoms with van der Waals surface area (Å²) in [6.07, 6.45) is -0.181. The maximum atomic E-state index is 12.0. The third kappa shape index (κ3) is 5.38. The number of hydrogen-bond donors (Lipinski definition) is 1. The average Bonchev–Trinajstić information content (AvgIpc) is 3.07. The van der Waals surface area contributed by atoms with Gasteiger partial charge in [0.2, 0.25) is 0 Å². The Morgan fingerprint density at radius 3 is 2.83 bits per heavy atom. The first-order valence-electron chi connectivity index (χ1n) is 6.38. The second kappa shape index (κ2) is 7.24. The second-order valence-electron chi connectivity index (χ2n) is 4.47. The number of nitrogens with zero attached hydrogens (tertiary/aromatic N) is 4. The molecule has 126 valence electrons. The van der Waals surface area contributed by atoms with E-state index in [9.17, 15) is 18.0 Å². The maximum Gasteiger partial charge on any atom is 0.411 e. The van der Waals surface area contributed by atoms with Gasteiger partial charge >= 0.3 is 6.18 Å². The number of hydrogen-bond acceptors (Lipinski definition) is 5. The predicted octanol–water partition coefficient (Wildman–Crippen LogP) is 1.47. The van der Waals surface area contributed by atoms with Gasteiger partial charge < -0.3 is 14.8 Å². The van der Waals surface area contributed by atoms with Gasteiger partial charge in [0.1, 0.15) is 20.1 Å². The zero-order chi connectivity index (χ0) is 16.9. The lowest BCUT2D eigenvalue weighted by Crippen LogP contribution is -2.18. The lowest BCUT2D eigenvalue weighted by Gasteiger charge is -2.07. The zero-order valence-corrected chi connectivity index (χ0v) is 12.1. The van der Waals surface area contributed by atoms with Crippen molar-refractivity contribution in [1.82, 2.24) is 19.6 Å². The Hall–Kier alpha value is -2.40. The largest absolute Gasteiger partial charge is 0.411 e. The summed E-state index contributed by atoms with van der Waals surface area (Å²) in [5, 5.41) is 10.3.